The van der Waals surface area contributed by atoms with Crippen molar-refractivity contribution in [3.63, 3.8) is 0 Å². The van der Waals surface area contributed by atoms with Crippen LogP contribution in [-0.2, 0) is 4.79 Å². The first kappa shape index (κ1) is 10.5. The summed E-state index contributed by atoms with van der Waals surface area (Å²) >= 11 is 2.29. The molecule has 1 nitrogen and oxygen atoms in total. The summed E-state index contributed by atoms with van der Waals surface area (Å²) in [7, 11) is 0. The first-order valence-corrected chi connectivity index (χ1v) is 5.82. The lowest BCUT2D eigenvalue weighted by Crippen LogP contribution is -2.32. The van der Waals surface area contributed by atoms with Crippen LogP contribution in [-0.4, -0.2) is 9.71 Å². The highest BCUT2D eigenvalue weighted by atomic mass is 127. The van der Waals surface area contributed by atoms with Gasteiger partial charge in [-0.3, -0.25) is 4.79 Å². The van der Waals surface area contributed by atoms with Crippen molar-refractivity contribution in [2.45, 2.75) is 44.0 Å². The van der Waals surface area contributed by atoms with Gasteiger partial charge < -0.3 is 0 Å². The van der Waals surface area contributed by atoms with Crippen molar-refractivity contribution in [3.05, 3.63) is 0 Å². The number of ketones is 1. The Labute approximate surface area is 88.4 Å². The van der Waals surface area contributed by atoms with E-state index < -0.39 is 0 Å². The maximum atomic E-state index is 11.3. The largest absolute Gasteiger partial charge is 0.299 e. The van der Waals surface area contributed by atoms with Gasteiger partial charge in [0.15, 0.2) is 0 Å². The molecule has 1 aliphatic rings. The predicted octanol–water partition coefficient (Wildman–Crippen LogP) is 3.21. The first-order valence-electron chi connectivity index (χ1n) is 4.58. The van der Waals surface area contributed by atoms with Crippen molar-refractivity contribution in [3.8, 4) is 0 Å². The van der Waals surface area contributed by atoms with Crippen LogP contribution >= 0.6 is 22.6 Å². The summed E-state index contributed by atoms with van der Waals surface area (Å²) in [5, 5.41) is 0. The zero-order valence-corrected chi connectivity index (χ0v) is 10.2. The first-order chi connectivity index (χ1) is 5.41. The molecule has 0 heterocycles. The van der Waals surface area contributed by atoms with E-state index in [-0.39, 0.29) is 3.92 Å². The Morgan fingerprint density at radius 1 is 1.42 bits per heavy atom. The fourth-order valence-corrected chi connectivity index (χ4v) is 2.68. The third kappa shape index (κ3) is 2.44. The number of halogens is 1. The van der Waals surface area contributed by atoms with Gasteiger partial charge in [-0.1, -0.05) is 43.4 Å². The number of hydrogen-bond acceptors (Lipinski definition) is 1. The molecule has 1 rings (SSSR count). The Hall–Kier alpha value is 0.400. The van der Waals surface area contributed by atoms with E-state index in [4.69, 9.17) is 0 Å². The Bertz CT molecular complexity index is 181. The maximum absolute atomic E-state index is 11.3. The molecule has 0 bridgehead atoms. The minimum Gasteiger partial charge on any atom is -0.299 e. The monoisotopic (exact) mass is 280 g/mol. The van der Waals surface area contributed by atoms with Crippen molar-refractivity contribution >= 4 is 28.4 Å². The highest BCUT2D eigenvalue weighted by molar-refractivity contribution is 14.1. The van der Waals surface area contributed by atoms with Crippen LogP contribution < -0.4 is 0 Å². The molecule has 2 heteroatoms. The molecule has 1 aliphatic carbocycles. The summed E-state index contributed by atoms with van der Waals surface area (Å²) in [5.74, 6) is 1.19. The van der Waals surface area contributed by atoms with E-state index in [2.05, 4.69) is 43.4 Å². The molecule has 2 atom stereocenters. The predicted molar refractivity (Wildman–Crippen MR) is 59.6 cm³/mol. The molecule has 12 heavy (non-hydrogen) atoms. The molecule has 0 aromatic rings. The zero-order chi connectivity index (χ0) is 9.35. The molecular weight excluding hydrogens is 263 g/mol. The van der Waals surface area contributed by atoms with Crippen LogP contribution in [0.25, 0.3) is 0 Å². The SMILES string of the molecule is CC(C)(C)C1CCC(=O)C(I)C1. The number of Topliss-reactive ketones (excluding diaryl/α,β-unsaturated/α-hetero) is 1. The number of rotatable bonds is 0. The summed E-state index contributed by atoms with van der Waals surface area (Å²) < 4.78 is 0.278. The average Bonchev–Trinajstić information content (AvgIpc) is 1.92. The Morgan fingerprint density at radius 3 is 2.42 bits per heavy atom. The zero-order valence-electron chi connectivity index (χ0n) is 8.06. The second-order valence-corrected chi connectivity index (χ2v) is 6.27. The molecule has 0 radical (unpaired) electrons. The Balaban J connectivity index is 2.57. The minimum atomic E-state index is 0.278. The molecule has 2 unspecified atom stereocenters. The Kier molecular flexibility index (Phi) is 3.18. The van der Waals surface area contributed by atoms with Gasteiger partial charge in [-0.05, 0) is 24.2 Å². The molecule has 0 aromatic heterocycles. The molecule has 0 amide bonds. The van der Waals surface area contributed by atoms with Gasteiger partial charge in [0.25, 0.3) is 0 Å². The molecule has 1 fully saturated rings. The number of carbonyl (C=O) groups is 1. The van der Waals surface area contributed by atoms with Crippen molar-refractivity contribution in [1.82, 2.24) is 0 Å². The molecule has 0 aromatic carbocycles. The second-order valence-electron chi connectivity index (χ2n) is 4.77. The van der Waals surface area contributed by atoms with Crippen molar-refractivity contribution < 1.29 is 4.79 Å². The van der Waals surface area contributed by atoms with Gasteiger partial charge in [0, 0.05) is 6.42 Å². The lowest BCUT2D eigenvalue weighted by Gasteiger charge is -2.35. The molecule has 0 N–H and O–H groups in total. The topological polar surface area (TPSA) is 17.1 Å². The van der Waals surface area contributed by atoms with Gasteiger partial charge in [-0.2, -0.15) is 0 Å². The summed E-state index contributed by atoms with van der Waals surface area (Å²) in [5.41, 5.74) is 0.379. The van der Waals surface area contributed by atoms with E-state index in [1.54, 1.807) is 0 Å². The van der Waals surface area contributed by atoms with Crippen molar-refractivity contribution in [1.29, 1.82) is 0 Å². The average molecular weight is 280 g/mol. The minimum absolute atomic E-state index is 0.278. The second kappa shape index (κ2) is 3.64. The maximum Gasteiger partial charge on any atom is 0.145 e. The quantitative estimate of drug-likeness (QED) is 0.492. The summed E-state index contributed by atoms with van der Waals surface area (Å²) in [6.07, 6.45) is 2.99. The molecule has 0 spiro atoms. The van der Waals surface area contributed by atoms with Gasteiger partial charge in [0.05, 0.1) is 3.92 Å². The lowest BCUT2D eigenvalue weighted by molar-refractivity contribution is -0.120. The van der Waals surface area contributed by atoms with Crippen molar-refractivity contribution in [2.24, 2.45) is 11.3 Å². The molecule has 1 saturated carbocycles. The van der Waals surface area contributed by atoms with E-state index in [1.165, 1.54) is 0 Å². The highest BCUT2D eigenvalue weighted by Crippen LogP contribution is 2.38. The molecule has 0 aliphatic heterocycles. The van der Waals surface area contributed by atoms with Gasteiger partial charge in [-0.15, -0.1) is 0 Å². The Morgan fingerprint density at radius 2 is 2.00 bits per heavy atom. The van der Waals surface area contributed by atoms with Gasteiger partial charge in [-0.25, -0.2) is 0 Å². The van der Waals surface area contributed by atoms with Crippen LogP contribution in [0, 0.1) is 11.3 Å². The normalized spacial score (nSPS) is 32.2. The van der Waals surface area contributed by atoms with E-state index >= 15 is 0 Å². The van der Waals surface area contributed by atoms with Crippen LogP contribution in [0.2, 0.25) is 0 Å². The van der Waals surface area contributed by atoms with E-state index in [0.717, 1.165) is 25.2 Å². The number of alkyl halides is 1. The van der Waals surface area contributed by atoms with Crippen LogP contribution in [0.3, 0.4) is 0 Å². The van der Waals surface area contributed by atoms with Crippen LogP contribution in [0.4, 0.5) is 0 Å². The van der Waals surface area contributed by atoms with Crippen LogP contribution in [0.1, 0.15) is 40.0 Å². The molecular formula is C10H17IO. The summed E-state index contributed by atoms with van der Waals surface area (Å²) in [6, 6.07) is 0. The molecule has 0 saturated heterocycles. The summed E-state index contributed by atoms with van der Waals surface area (Å²) in [6.45, 7) is 6.82. The highest BCUT2D eigenvalue weighted by Gasteiger charge is 2.33. The van der Waals surface area contributed by atoms with Gasteiger partial charge >= 0.3 is 0 Å². The standard InChI is InChI=1S/C10H17IO/c1-10(2,3)7-4-5-9(12)8(11)6-7/h7-8H,4-6H2,1-3H3. The summed E-state index contributed by atoms with van der Waals surface area (Å²) in [4.78, 5) is 11.3. The number of hydrogen-bond donors (Lipinski definition) is 0. The fourth-order valence-electron chi connectivity index (χ4n) is 1.76. The third-order valence-corrected chi connectivity index (χ3v) is 4.01. The van der Waals surface area contributed by atoms with Crippen molar-refractivity contribution in [2.75, 3.05) is 0 Å². The third-order valence-electron chi connectivity index (χ3n) is 2.80. The van der Waals surface area contributed by atoms with Crippen LogP contribution in [0.15, 0.2) is 0 Å². The lowest BCUT2D eigenvalue weighted by atomic mass is 9.72. The molecule has 70 valence electrons. The van der Waals surface area contributed by atoms with E-state index in [9.17, 15) is 4.79 Å². The smallest absolute Gasteiger partial charge is 0.145 e. The van der Waals surface area contributed by atoms with E-state index in [1.807, 2.05) is 0 Å². The van der Waals surface area contributed by atoms with Gasteiger partial charge in [0.1, 0.15) is 5.78 Å². The fraction of sp³-hybridized carbons (Fsp3) is 0.900. The van der Waals surface area contributed by atoms with E-state index in [0.29, 0.717) is 11.2 Å². The number of carbonyl (C=O) groups excluding carboxylic acids is 1. The van der Waals surface area contributed by atoms with Gasteiger partial charge in [0.2, 0.25) is 0 Å². The van der Waals surface area contributed by atoms with Crippen LogP contribution in [0.5, 0.6) is 0 Å².